The molecule has 0 aliphatic heterocycles. The van der Waals surface area contributed by atoms with Crippen LogP contribution in [0.2, 0.25) is 0 Å². The third-order valence-corrected chi connectivity index (χ3v) is 4.39. The summed E-state index contributed by atoms with van der Waals surface area (Å²) < 4.78 is 13.3. The Hall–Kier alpha value is -3.81. The fourth-order valence-electron chi connectivity index (χ4n) is 2.74. The van der Waals surface area contributed by atoms with Crippen molar-refractivity contribution in [3.8, 4) is 5.69 Å². The predicted molar refractivity (Wildman–Crippen MR) is 108 cm³/mol. The van der Waals surface area contributed by atoms with E-state index in [2.05, 4.69) is 5.32 Å². The number of hydrogen-bond donors (Lipinski definition) is 1. The molecule has 29 heavy (non-hydrogen) atoms. The molecular weight excluding hydrogens is 374 g/mol. The van der Waals surface area contributed by atoms with E-state index in [1.807, 2.05) is 18.2 Å². The van der Waals surface area contributed by atoms with Gasteiger partial charge in [0.25, 0.3) is 11.5 Å². The zero-order chi connectivity index (χ0) is 21.0. The first-order chi connectivity index (χ1) is 13.9. The van der Waals surface area contributed by atoms with E-state index >= 15 is 0 Å². The summed E-state index contributed by atoms with van der Waals surface area (Å²) in [5.41, 5.74) is 1.01. The summed E-state index contributed by atoms with van der Waals surface area (Å²) >= 11 is 0. The van der Waals surface area contributed by atoms with E-state index in [9.17, 15) is 14.4 Å². The minimum atomic E-state index is -1.09. The number of aromatic nitrogens is 2. The van der Waals surface area contributed by atoms with E-state index in [4.69, 9.17) is 9.15 Å². The number of hydrogen-bond acceptors (Lipinski definition) is 5. The number of ether oxygens (including phenoxy) is 1. The summed E-state index contributed by atoms with van der Waals surface area (Å²) in [6, 6.07) is 12.4. The van der Waals surface area contributed by atoms with Crippen LogP contribution in [0.5, 0.6) is 0 Å². The number of esters is 1. The van der Waals surface area contributed by atoms with Crippen LogP contribution in [-0.2, 0) is 21.4 Å². The maximum absolute atomic E-state index is 12.8. The molecule has 0 aliphatic carbocycles. The van der Waals surface area contributed by atoms with E-state index in [1.165, 1.54) is 30.0 Å². The molecule has 2 aromatic heterocycles. The summed E-state index contributed by atoms with van der Waals surface area (Å²) in [5, 5.41) is 2.57. The molecule has 1 atom stereocenters. The van der Waals surface area contributed by atoms with Crippen molar-refractivity contribution in [3.63, 3.8) is 0 Å². The number of para-hydroxylation sites is 1. The van der Waals surface area contributed by atoms with Gasteiger partial charge in [-0.2, -0.15) is 0 Å². The number of anilines is 1. The molecule has 0 spiro atoms. The standard InChI is InChI=1S/C21H21N3O5/c1-14-19(21(27)24(23(14)3)16-8-5-4-6-9-16)22-20(26)15(2)29-18(25)12-11-17-10-7-13-28-17/h4-13,15H,1-3H3,(H,22,26)/b12-11+/t15-/m1/s1. The van der Waals surface area contributed by atoms with E-state index in [0.717, 1.165) is 0 Å². The second-order valence-electron chi connectivity index (χ2n) is 6.35. The van der Waals surface area contributed by atoms with Crippen LogP contribution in [0.25, 0.3) is 11.8 Å². The molecule has 3 rings (SSSR count). The van der Waals surface area contributed by atoms with Gasteiger partial charge in [0.1, 0.15) is 11.4 Å². The van der Waals surface area contributed by atoms with Gasteiger partial charge >= 0.3 is 5.97 Å². The quantitative estimate of drug-likeness (QED) is 0.511. The van der Waals surface area contributed by atoms with Crippen LogP contribution < -0.4 is 10.9 Å². The van der Waals surface area contributed by atoms with Crippen LogP contribution in [0, 0.1) is 6.92 Å². The van der Waals surface area contributed by atoms with Crippen LogP contribution in [0.4, 0.5) is 5.69 Å². The SMILES string of the molecule is Cc1c(NC(=O)[C@@H](C)OC(=O)/C=C/c2ccco2)c(=O)n(-c2ccccc2)n1C. The molecule has 1 amide bonds. The zero-order valence-electron chi connectivity index (χ0n) is 16.3. The van der Waals surface area contributed by atoms with Crippen LogP contribution in [0.1, 0.15) is 18.4 Å². The van der Waals surface area contributed by atoms with Crippen molar-refractivity contribution in [3.05, 3.63) is 76.6 Å². The Kier molecular flexibility index (Phi) is 5.82. The molecule has 0 fully saturated rings. The lowest BCUT2D eigenvalue weighted by molar-refractivity contribution is -0.148. The zero-order valence-corrected chi connectivity index (χ0v) is 16.3. The lowest BCUT2D eigenvalue weighted by atomic mass is 10.3. The van der Waals surface area contributed by atoms with Crippen LogP contribution >= 0.6 is 0 Å². The topological polar surface area (TPSA) is 95.5 Å². The average Bonchev–Trinajstić information content (AvgIpc) is 3.30. The number of furan rings is 1. The molecule has 0 aliphatic rings. The molecule has 0 bridgehead atoms. The maximum atomic E-state index is 12.8. The van der Waals surface area contributed by atoms with Crippen LogP contribution in [0.15, 0.2) is 64.0 Å². The van der Waals surface area contributed by atoms with E-state index < -0.39 is 18.0 Å². The predicted octanol–water partition coefficient (Wildman–Crippen LogP) is 2.66. The highest BCUT2D eigenvalue weighted by Gasteiger charge is 2.22. The Bertz CT molecular complexity index is 1090. The summed E-state index contributed by atoms with van der Waals surface area (Å²) in [6.45, 7) is 3.15. The smallest absolute Gasteiger partial charge is 0.331 e. The fraction of sp³-hybridized carbons (Fsp3) is 0.190. The van der Waals surface area contributed by atoms with Gasteiger partial charge in [0.05, 0.1) is 17.6 Å². The van der Waals surface area contributed by atoms with E-state index in [1.54, 1.807) is 42.9 Å². The molecule has 8 heteroatoms. The Balaban J connectivity index is 1.72. The molecule has 1 aromatic carbocycles. The number of carbonyl (C=O) groups excluding carboxylic acids is 2. The van der Waals surface area contributed by atoms with Crippen LogP contribution in [-0.4, -0.2) is 27.3 Å². The van der Waals surface area contributed by atoms with Gasteiger partial charge in [-0.15, -0.1) is 0 Å². The van der Waals surface area contributed by atoms with Crippen molar-refractivity contribution < 1.29 is 18.7 Å². The van der Waals surface area contributed by atoms with Gasteiger partial charge in [0, 0.05) is 13.1 Å². The molecule has 8 nitrogen and oxygen atoms in total. The highest BCUT2D eigenvalue weighted by atomic mass is 16.5. The number of carbonyl (C=O) groups is 2. The Labute approximate surface area is 167 Å². The molecule has 1 N–H and O–H groups in total. The largest absolute Gasteiger partial charge is 0.465 e. The number of nitrogens with one attached hydrogen (secondary N) is 1. The first-order valence-electron chi connectivity index (χ1n) is 8.95. The van der Waals surface area contributed by atoms with Crippen molar-refractivity contribution in [2.45, 2.75) is 20.0 Å². The van der Waals surface area contributed by atoms with Gasteiger partial charge in [-0.05, 0) is 44.2 Å². The van der Waals surface area contributed by atoms with Crippen molar-refractivity contribution in [1.82, 2.24) is 9.36 Å². The second-order valence-corrected chi connectivity index (χ2v) is 6.35. The van der Waals surface area contributed by atoms with Gasteiger partial charge < -0.3 is 14.5 Å². The van der Waals surface area contributed by atoms with Gasteiger partial charge in [-0.3, -0.25) is 14.3 Å². The van der Waals surface area contributed by atoms with Gasteiger partial charge in [-0.25, -0.2) is 9.48 Å². The lowest BCUT2D eigenvalue weighted by Crippen LogP contribution is -2.31. The van der Waals surface area contributed by atoms with Crippen LogP contribution in [0.3, 0.4) is 0 Å². The van der Waals surface area contributed by atoms with Crippen molar-refractivity contribution in [2.24, 2.45) is 7.05 Å². The lowest BCUT2D eigenvalue weighted by Gasteiger charge is -2.11. The number of benzene rings is 1. The number of amides is 1. The summed E-state index contributed by atoms with van der Waals surface area (Å²) in [7, 11) is 1.72. The number of rotatable bonds is 6. The maximum Gasteiger partial charge on any atom is 0.331 e. The normalized spacial score (nSPS) is 12.1. The van der Waals surface area contributed by atoms with Crippen molar-refractivity contribution >= 4 is 23.6 Å². The molecular formula is C21H21N3O5. The Morgan fingerprint density at radius 1 is 1.17 bits per heavy atom. The Morgan fingerprint density at radius 2 is 1.90 bits per heavy atom. The van der Waals surface area contributed by atoms with Crippen molar-refractivity contribution in [1.29, 1.82) is 0 Å². The second kappa shape index (κ2) is 8.47. The molecule has 0 saturated heterocycles. The molecule has 0 radical (unpaired) electrons. The van der Waals surface area contributed by atoms with Gasteiger partial charge in [0.2, 0.25) is 0 Å². The number of nitrogens with zero attached hydrogens (tertiary/aromatic N) is 2. The molecule has 3 aromatic rings. The average molecular weight is 395 g/mol. The highest BCUT2D eigenvalue weighted by Crippen LogP contribution is 2.14. The van der Waals surface area contributed by atoms with E-state index in [-0.39, 0.29) is 11.2 Å². The van der Waals surface area contributed by atoms with Gasteiger partial charge in [-0.1, -0.05) is 18.2 Å². The highest BCUT2D eigenvalue weighted by molar-refractivity contribution is 5.96. The first kappa shape index (κ1) is 19.9. The van der Waals surface area contributed by atoms with E-state index in [0.29, 0.717) is 17.1 Å². The minimum absolute atomic E-state index is 0.135. The minimum Gasteiger partial charge on any atom is -0.465 e. The molecule has 150 valence electrons. The van der Waals surface area contributed by atoms with Gasteiger partial charge in [0.15, 0.2) is 6.10 Å². The Morgan fingerprint density at radius 3 is 2.55 bits per heavy atom. The summed E-state index contributed by atoms with van der Waals surface area (Å²) in [4.78, 5) is 37.2. The summed E-state index contributed by atoms with van der Waals surface area (Å²) in [6.07, 6.45) is 2.99. The fourth-order valence-corrected chi connectivity index (χ4v) is 2.74. The van der Waals surface area contributed by atoms with Crippen molar-refractivity contribution in [2.75, 3.05) is 5.32 Å². The third kappa shape index (κ3) is 4.37. The molecule has 2 heterocycles. The first-order valence-corrected chi connectivity index (χ1v) is 8.95. The third-order valence-electron chi connectivity index (χ3n) is 4.39. The molecule has 0 unspecified atom stereocenters. The molecule has 0 saturated carbocycles. The monoisotopic (exact) mass is 395 g/mol. The summed E-state index contributed by atoms with van der Waals surface area (Å²) in [5.74, 6) is -0.813.